The lowest BCUT2D eigenvalue weighted by molar-refractivity contribution is -0.116. The molecule has 0 N–H and O–H groups in total. The van der Waals surface area contributed by atoms with Gasteiger partial charge in [-0.15, -0.1) is 0 Å². The van der Waals surface area contributed by atoms with E-state index in [1.807, 2.05) is 36.4 Å². The number of para-hydroxylation sites is 1. The quantitative estimate of drug-likeness (QED) is 0.393. The summed E-state index contributed by atoms with van der Waals surface area (Å²) >= 11 is 0. The largest absolute Gasteiger partial charge is 0.497 e. The number of unbranched alkanes of at least 4 members (excludes halogenated alkanes) is 6. The summed E-state index contributed by atoms with van der Waals surface area (Å²) in [7, 11) is 1.66. The zero-order chi connectivity index (χ0) is 16.5. The second kappa shape index (κ2) is 15.8. The summed E-state index contributed by atoms with van der Waals surface area (Å²) in [6.45, 7) is 3.87. The van der Waals surface area contributed by atoms with Crippen LogP contribution in [0.4, 0.5) is 0 Å². The van der Waals surface area contributed by atoms with Gasteiger partial charge in [-0.25, -0.2) is 0 Å². The van der Waals surface area contributed by atoms with E-state index < -0.39 is 0 Å². The molecule has 0 radical (unpaired) electrons. The second-order valence-corrected chi connectivity index (χ2v) is 5.45. The van der Waals surface area contributed by atoms with E-state index in [0.717, 1.165) is 12.2 Å². The predicted octanol–water partition coefficient (Wildman–Crippen LogP) is 5.97. The topological polar surface area (TPSA) is 26.3 Å². The van der Waals surface area contributed by atoms with Gasteiger partial charge in [0.1, 0.15) is 11.5 Å². The molecule has 0 aliphatic rings. The summed E-state index contributed by atoms with van der Waals surface area (Å²) in [5, 5.41) is 0. The highest BCUT2D eigenvalue weighted by atomic mass is 16.5. The zero-order valence-corrected chi connectivity index (χ0v) is 14.5. The van der Waals surface area contributed by atoms with Crippen molar-refractivity contribution in [1.29, 1.82) is 0 Å². The highest BCUT2D eigenvalue weighted by Gasteiger charge is 1.89. The van der Waals surface area contributed by atoms with Crippen LogP contribution in [0.1, 0.15) is 65.2 Å². The molecule has 0 aromatic heterocycles. The first kappa shape index (κ1) is 20.4. The molecule has 0 amide bonds. The Balaban J connectivity index is 0.000000461. The fraction of sp³-hybridized carbons (Fsp3) is 0.550. The monoisotopic (exact) mass is 304 g/mol. The summed E-state index contributed by atoms with van der Waals surface area (Å²) in [4.78, 5) is 10.6. The van der Waals surface area contributed by atoms with Crippen LogP contribution in [0.3, 0.4) is 0 Å². The average molecular weight is 304 g/mol. The smallest absolute Gasteiger partial charge is 0.133 e. The first-order chi connectivity index (χ1) is 10.7. The summed E-state index contributed by atoms with van der Waals surface area (Å²) in [5.74, 6) is 1.16. The third-order valence-electron chi connectivity index (χ3n) is 3.28. The fourth-order valence-corrected chi connectivity index (χ4v) is 1.97. The molecule has 0 heterocycles. The van der Waals surface area contributed by atoms with Crippen LogP contribution in [0.15, 0.2) is 42.5 Å². The highest BCUT2D eigenvalue weighted by molar-refractivity contribution is 5.76. The molecular formula is C20H32O2. The summed E-state index contributed by atoms with van der Waals surface area (Å²) < 4.78 is 4.91. The number of carbonyl (C=O) groups is 1. The van der Waals surface area contributed by atoms with Crippen molar-refractivity contribution in [2.75, 3.05) is 7.11 Å². The fourth-order valence-electron chi connectivity index (χ4n) is 1.97. The Morgan fingerprint density at radius 3 is 2.18 bits per heavy atom. The third kappa shape index (κ3) is 14.8. The molecular weight excluding hydrogens is 272 g/mol. The molecule has 0 aliphatic heterocycles. The number of ether oxygens (including phenoxy) is 1. The van der Waals surface area contributed by atoms with Crippen LogP contribution in [0, 0.1) is 0 Å². The van der Waals surface area contributed by atoms with Gasteiger partial charge in [-0.2, -0.15) is 0 Å². The van der Waals surface area contributed by atoms with Crippen molar-refractivity contribution in [3.63, 3.8) is 0 Å². The Kier molecular flexibility index (Phi) is 14.7. The van der Waals surface area contributed by atoms with Crippen molar-refractivity contribution in [3.8, 4) is 5.75 Å². The van der Waals surface area contributed by atoms with Gasteiger partial charge in [-0.05, 0) is 31.9 Å². The predicted molar refractivity (Wildman–Crippen MR) is 95.4 cm³/mol. The van der Waals surface area contributed by atoms with Gasteiger partial charge in [0.05, 0.1) is 7.11 Å². The van der Waals surface area contributed by atoms with E-state index >= 15 is 0 Å². The third-order valence-corrected chi connectivity index (χ3v) is 3.28. The summed E-state index contributed by atoms with van der Waals surface area (Å²) in [6, 6.07) is 9.68. The number of carbonyl (C=O) groups excluding carboxylic acids is 1. The number of allylic oxidation sites excluding steroid dienone is 2. The molecule has 2 heteroatoms. The standard InChI is InChI=1S/C13H24O.C7H8O/c1-3-4-5-6-7-8-9-10-11-12-13(2)14;1-8-7-5-3-2-4-6-7/h10-11H,3-9,12H2,1-2H3;2-6H,1H3/b11-10+;. The molecule has 2 nitrogen and oxygen atoms in total. The van der Waals surface area contributed by atoms with E-state index in [4.69, 9.17) is 4.74 Å². The number of rotatable bonds is 10. The van der Waals surface area contributed by atoms with E-state index in [9.17, 15) is 4.79 Å². The van der Waals surface area contributed by atoms with Gasteiger partial charge in [0.25, 0.3) is 0 Å². The van der Waals surface area contributed by atoms with Crippen LogP contribution in [0.2, 0.25) is 0 Å². The Hall–Kier alpha value is -1.57. The van der Waals surface area contributed by atoms with E-state index in [0.29, 0.717) is 6.42 Å². The normalized spacial score (nSPS) is 10.1. The lowest BCUT2D eigenvalue weighted by Crippen LogP contribution is -1.84. The molecule has 0 unspecified atom stereocenters. The van der Waals surface area contributed by atoms with Crippen molar-refractivity contribution in [2.45, 2.75) is 65.2 Å². The molecule has 0 fully saturated rings. The number of hydrogen-bond donors (Lipinski definition) is 0. The Morgan fingerprint density at radius 1 is 1.00 bits per heavy atom. The lowest BCUT2D eigenvalue weighted by Gasteiger charge is -1.97. The second-order valence-electron chi connectivity index (χ2n) is 5.45. The minimum absolute atomic E-state index is 0.254. The van der Waals surface area contributed by atoms with Crippen molar-refractivity contribution in [3.05, 3.63) is 42.5 Å². The number of hydrogen-bond acceptors (Lipinski definition) is 2. The maximum atomic E-state index is 10.6. The molecule has 0 atom stereocenters. The van der Waals surface area contributed by atoms with Crippen LogP contribution in [0.25, 0.3) is 0 Å². The molecule has 0 bridgehead atoms. The van der Waals surface area contributed by atoms with E-state index in [1.54, 1.807) is 14.0 Å². The van der Waals surface area contributed by atoms with Crippen molar-refractivity contribution in [2.24, 2.45) is 0 Å². The SMILES string of the molecule is CCCCCCCC/C=C/CC(C)=O.COc1ccccc1. The molecule has 22 heavy (non-hydrogen) atoms. The van der Waals surface area contributed by atoms with Gasteiger partial charge < -0.3 is 4.74 Å². The average Bonchev–Trinajstić information content (AvgIpc) is 2.54. The molecule has 0 saturated carbocycles. The van der Waals surface area contributed by atoms with Gasteiger partial charge in [0.2, 0.25) is 0 Å². The Labute approximate surface area is 136 Å². The molecule has 1 aromatic rings. The van der Waals surface area contributed by atoms with Gasteiger partial charge in [-0.3, -0.25) is 4.79 Å². The first-order valence-electron chi connectivity index (χ1n) is 8.44. The van der Waals surface area contributed by atoms with E-state index in [1.165, 1.54) is 38.5 Å². The van der Waals surface area contributed by atoms with Crippen LogP contribution in [-0.2, 0) is 4.79 Å². The molecule has 124 valence electrons. The summed E-state index contributed by atoms with van der Waals surface area (Å²) in [6.07, 6.45) is 13.9. The van der Waals surface area contributed by atoms with Gasteiger partial charge in [-0.1, -0.05) is 69.4 Å². The van der Waals surface area contributed by atoms with E-state index in [2.05, 4.69) is 13.0 Å². The van der Waals surface area contributed by atoms with Gasteiger partial charge >= 0.3 is 0 Å². The maximum Gasteiger partial charge on any atom is 0.133 e. The van der Waals surface area contributed by atoms with E-state index in [-0.39, 0.29) is 5.78 Å². The minimum atomic E-state index is 0.254. The molecule has 0 spiro atoms. The van der Waals surface area contributed by atoms with Gasteiger partial charge in [0, 0.05) is 6.42 Å². The van der Waals surface area contributed by atoms with Crippen LogP contribution < -0.4 is 4.74 Å². The molecule has 0 saturated heterocycles. The number of ketones is 1. The number of benzene rings is 1. The maximum absolute atomic E-state index is 10.6. The van der Waals surface area contributed by atoms with Crippen molar-refractivity contribution >= 4 is 5.78 Å². The zero-order valence-electron chi connectivity index (χ0n) is 14.5. The Morgan fingerprint density at radius 2 is 1.64 bits per heavy atom. The molecule has 1 aromatic carbocycles. The van der Waals surface area contributed by atoms with Crippen LogP contribution >= 0.6 is 0 Å². The minimum Gasteiger partial charge on any atom is -0.497 e. The number of Topliss-reactive ketones (excluding diaryl/α,β-unsaturated/α-hetero) is 1. The Bertz CT molecular complexity index is 382. The van der Waals surface area contributed by atoms with Gasteiger partial charge in [0.15, 0.2) is 0 Å². The number of methoxy groups -OCH3 is 1. The van der Waals surface area contributed by atoms with Crippen LogP contribution in [-0.4, -0.2) is 12.9 Å². The summed E-state index contributed by atoms with van der Waals surface area (Å²) in [5.41, 5.74) is 0. The van der Waals surface area contributed by atoms with Crippen molar-refractivity contribution < 1.29 is 9.53 Å². The molecule has 0 aliphatic carbocycles. The van der Waals surface area contributed by atoms with Crippen molar-refractivity contribution in [1.82, 2.24) is 0 Å². The first-order valence-corrected chi connectivity index (χ1v) is 8.44. The van der Waals surface area contributed by atoms with Crippen LogP contribution in [0.5, 0.6) is 5.75 Å². The molecule has 1 rings (SSSR count). The lowest BCUT2D eigenvalue weighted by atomic mass is 10.1. The highest BCUT2D eigenvalue weighted by Crippen LogP contribution is 2.07.